The number of hydrogen-bond acceptors (Lipinski definition) is 2. The van der Waals surface area contributed by atoms with E-state index in [1.165, 1.54) is 32.1 Å². The summed E-state index contributed by atoms with van der Waals surface area (Å²) in [6.07, 6.45) is 11.6. The van der Waals surface area contributed by atoms with Gasteiger partial charge in [-0.05, 0) is 31.6 Å². The van der Waals surface area contributed by atoms with Crippen LogP contribution in [-0.4, -0.2) is 18.0 Å². The van der Waals surface area contributed by atoms with Crippen LogP contribution in [0.4, 0.5) is 0 Å². The average Bonchev–Trinajstić information content (AvgIpc) is 2.95. The number of epoxide rings is 1. The monoisotopic (exact) mass is 222 g/mol. The molecule has 90 valence electrons. The predicted octanol–water partition coefficient (Wildman–Crippen LogP) is 3.09. The first-order valence-corrected chi connectivity index (χ1v) is 7.04. The summed E-state index contributed by atoms with van der Waals surface area (Å²) in [4.78, 5) is 12.2. The molecular formula is C14H22O2. The fraction of sp³-hybridized carbons (Fsp3) is 0.929. The Morgan fingerprint density at radius 2 is 1.75 bits per heavy atom. The number of Topliss-reactive ketones (excluding diaryl/α,β-unsaturated/α-hetero) is 1. The van der Waals surface area contributed by atoms with E-state index in [4.69, 9.17) is 4.74 Å². The van der Waals surface area contributed by atoms with E-state index in [0.717, 1.165) is 25.7 Å². The van der Waals surface area contributed by atoms with Crippen LogP contribution in [0.25, 0.3) is 0 Å². The van der Waals surface area contributed by atoms with Gasteiger partial charge in [0.2, 0.25) is 0 Å². The number of ether oxygens (including phenoxy) is 1. The van der Waals surface area contributed by atoms with Gasteiger partial charge in [0.05, 0.1) is 12.2 Å². The molecule has 0 amide bonds. The van der Waals surface area contributed by atoms with Gasteiger partial charge < -0.3 is 4.74 Å². The van der Waals surface area contributed by atoms with Crippen LogP contribution in [0.1, 0.15) is 57.8 Å². The summed E-state index contributed by atoms with van der Waals surface area (Å²) in [7, 11) is 0. The molecule has 1 aliphatic heterocycles. The number of ketones is 1. The molecular weight excluding hydrogens is 200 g/mol. The van der Waals surface area contributed by atoms with Crippen LogP contribution in [0.2, 0.25) is 0 Å². The topological polar surface area (TPSA) is 29.6 Å². The zero-order chi connectivity index (χ0) is 11.0. The molecule has 0 radical (unpaired) electrons. The van der Waals surface area contributed by atoms with E-state index in [2.05, 4.69) is 0 Å². The van der Waals surface area contributed by atoms with Crippen LogP contribution in [0, 0.1) is 11.8 Å². The van der Waals surface area contributed by atoms with Crippen molar-refractivity contribution >= 4 is 5.78 Å². The van der Waals surface area contributed by atoms with Gasteiger partial charge in [-0.2, -0.15) is 0 Å². The van der Waals surface area contributed by atoms with Crippen LogP contribution in [-0.2, 0) is 9.53 Å². The van der Waals surface area contributed by atoms with Crippen molar-refractivity contribution in [1.82, 2.24) is 0 Å². The maximum absolute atomic E-state index is 12.2. The Balaban J connectivity index is 1.76. The second-order valence-electron chi connectivity index (χ2n) is 5.76. The van der Waals surface area contributed by atoms with Crippen molar-refractivity contribution in [2.24, 2.45) is 11.8 Å². The number of carbonyl (C=O) groups excluding carboxylic acids is 1. The van der Waals surface area contributed by atoms with E-state index in [1.807, 2.05) is 0 Å². The van der Waals surface area contributed by atoms with Crippen molar-refractivity contribution in [1.29, 1.82) is 0 Å². The largest absolute Gasteiger partial charge is 0.369 e. The SMILES string of the molecule is O=C1CCC[C@@H]2O[C@@H]2[C@@H]2CCCCCC[C@@H]12. The molecule has 1 saturated heterocycles. The standard InChI is InChI=1S/C14H22O2/c15-12-8-5-9-13-14(16-13)11-7-4-2-1-3-6-10(11)12/h10-11,13-14H,1-9H2/t10-,11-,13+,14-/m1/s1. The number of rotatable bonds is 0. The molecule has 0 aromatic carbocycles. The van der Waals surface area contributed by atoms with Gasteiger partial charge in [0.1, 0.15) is 5.78 Å². The highest BCUT2D eigenvalue weighted by molar-refractivity contribution is 5.81. The zero-order valence-electron chi connectivity index (χ0n) is 9.99. The molecule has 0 bridgehead atoms. The summed E-state index contributed by atoms with van der Waals surface area (Å²) in [6.45, 7) is 0. The summed E-state index contributed by atoms with van der Waals surface area (Å²) >= 11 is 0. The normalized spacial score (nSPS) is 44.4. The third kappa shape index (κ3) is 2.04. The summed E-state index contributed by atoms with van der Waals surface area (Å²) in [5.74, 6) is 1.45. The lowest BCUT2D eigenvalue weighted by Crippen LogP contribution is -2.31. The molecule has 3 rings (SSSR count). The molecule has 1 heterocycles. The molecule has 0 spiro atoms. The molecule has 16 heavy (non-hydrogen) atoms. The van der Waals surface area contributed by atoms with Crippen molar-refractivity contribution in [3.8, 4) is 0 Å². The molecule has 3 aliphatic rings. The van der Waals surface area contributed by atoms with Gasteiger partial charge in [-0.3, -0.25) is 4.79 Å². The quantitative estimate of drug-likeness (QED) is 0.589. The van der Waals surface area contributed by atoms with Gasteiger partial charge in [-0.15, -0.1) is 0 Å². The molecule has 0 aromatic rings. The molecule has 0 N–H and O–H groups in total. The Bertz CT molecular complexity index is 274. The predicted molar refractivity (Wildman–Crippen MR) is 62.2 cm³/mol. The fourth-order valence-corrected chi connectivity index (χ4v) is 3.73. The van der Waals surface area contributed by atoms with Crippen molar-refractivity contribution in [3.63, 3.8) is 0 Å². The molecule has 0 aromatic heterocycles. The van der Waals surface area contributed by atoms with Gasteiger partial charge in [0, 0.05) is 12.3 Å². The molecule has 0 unspecified atom stereocenters. The summed E-state index contributed by atoms with van der Waals surface area (Å²) in [5.41, 5.74) is 0. The first-order chi connectivity index (χ1) is 7.86. The molecule has 3 fully saturated rings. The highest BCUT2D eigenvalue weighted by Gasteiger charge is 2.49. The molecule has 4 atom stereocenters. The second kappa shape index (κ2) is 4.48. The van der Waals surface area contributed by atoms with Crippen molar-refractivity contribution in [2.45, 2.75) is 70.0 Å². The zero-order valence-corrected chi connectivity index (χ0v) is 9.99. The number of fused-ring (bicyclic) bond motifs is 3. The second-order valence-corrected chi connectivity index (χ2v) is 5.76. The Hall–Kier alpha value is -0.370. The fourth-order valence-electron chi connectivity index (χ4n) is 3.73. The lowest BCUT2D eigenvalue weighted by atomic mass is 9.74. The van der Waals surface area contributed by atoms with Crippen molar-refractivity contribution in [3.05, 3.63) is 0 Å². The first-order valence-electron chi connectivity index (χ1n) is 7.04. The van der Waals surface area contributed by atoms with Crippen LogP contribution < -0.4 is 0 Å². The van der Waals surface area contributed by atoms with E-state index in [0.29, 0.717) is 29.8 Å². The van der Waals surface area contributed by atoms with Crippen LogP contribution in [0.15, 0.2) is 0 Å². The van der Waals surface area contributed by atoms with Gasteiger partial charge in [0.25, 0.3) is 0 Å². The third-order valence-corrected chi connectivity index (χ3v) is 4.69. The highest BCUT2D eigenvalue weighted by atomic mass is 16.6. The Kier molecular flexibility index (Phi) is 3.01. The van der Waals surface area contributed by atoms with Crippen molar-refractivity contribution in [2.75, 3.05) is 0 Å². The van der Waals surface area contributed by atoms with Gasteiger partial charge >= 0.3 is 0 Å². The molecule has 2 nitrogen and oxygen atoms in total. The minimum absolute atomic E-state index is 0.343. The molecule has 2 heteroatoms. The summed E-state index contributed by atoms with van der Waals surface area (Å²) < 4.78 is 5.80. The summed E-state index contributed by atoms with van der Waals surface area (Å²) in [5, 5.41) is 0. The molecule has 2 saturated carbocycles. The Labute approximate surface area is 97.7 Å². The minimum atomic E-state index is 0.343. The Morgan fingerprint density at radius 1 is 0.938 bits per heavy atom. The maximum atomic E-state index is 12.2. The highest BCUT2D eigenvalue weighted by Crippen LogP contribution is 2.44. The van der Waals surface area contributed by atoms with Gasteiger partial charge in [-0.1, -0.05) is 25.7 Å². The van der Waals surface area contributed by atoms with Gasteiger partial charge in [-0.25, -0.2) is 0 Å². The smallest absolute Gasteiger partial charge is 0.136 e. The summed E-state index contributed by atoms with van der Waals surface area (Å²) in [6, 6.07) is 0. The molecule has 2 aliphatic carbocycles. The van der Waals surface area contributed by atoms with Crippen LogP contribution >= 0.6 is 0 Å². The average molecular weight is 222 g/mol. The number of hydrogen-bond donors (Lipinski definition) is 0. The van der Waals surface area contributed by atoms with E-state index in [9.17, 15) is 4.79 Å². The van der Waals surface area contributed by atoms with Crippen molar-refractivity contribution < 1.29 is 9.53 Å². The third-order valence-electron chi connectivity index (χ3n) is 4.69. The maximum Gasteiger partial charge on any atom is 0.136 e. The van der Waals surface area contributed by atoms with E-state index in [-0.39, 0.29) is 0 Å². The van der Waals surface area contributed by atoms with E-state index in [1.54, 1.807) is 0 Å². The van der Waals surface area contributed by atoms with E-state index < -0.39 is 0 Å². The number of carbonyl (C=O) groups is 1. The minimum Gasteiger partial charge on any atom is -0.369 e. The van der Waals surface area contributed by atoms with Crippen LogP contribution in [0.5, 0.6) is 0 Å². The lowest BCUT2D eigenvalue weighted by Gasteiger charge is -2.28. The lowest BCUT2D eigenvalue weighted by molar-refractivity contribution is -0.125. The first kappa shape index (κ1) is 10.8. The van der Waals surface area contributed by atoms with Crippen LogP contribution in [0.3, 0.4) is 0 Å². The van der Waals surface area contributed by atoms with E-state index >= 15 is 0 Å². The van der Waals surface area contributed by atoms with Gasteiger partial charge in [0.15, 0.2) is 0 Å². The Morgan fingerprint density at radius 3 is 2.62 bits per heavy atom.